The minimum atomic E-state index is -0.348. The minimum Gasteiger partial charge on any atom is -0.445 e. The van der Waals surface area contributed by atoms with E-state index in [9.17, 15) is 9.59 Å². The molecule has 0 bridgehead atoms. The van der Waals surface area contributed by atoms with Gasteiger partial charge in [-0.1, -0.05) is 75.3 Å². The van der Waals surface area contributed by atoms with Crippen LogP contribution in [0.3, 0.4) is 0 Å². The van der Waals surface area contributed by atoms with Crippen LogP contribution in [-0.2, 0) is 16.1 Å². The van der Waals surface area contributed by atoms with Gasteiger partial charge in [0.15, 0.2) is 0 Å². The molecule has 0 fully saturated rings. The van der Waals surface area contributed by atoms with Crippen molar-refractivity contribution in [2.75, 3.05) is 6.54 Å². The molecule has 1 aromatic carbocycles. The van der Waals surface area contributed by atoms with Crippen LogP contribution < -0.4 is 5.32 Å². The monoisotopic (exact) mass is 360 g/mol. The predicted molar refractivity (Wildman–Crippen MR) is 105 cm³/mol. The highest BCUT2D eigenvalue weighted by molar-refractivity contribution is 5.80. The Morgan fingerprint density at radius 2 is 1.46 bits per heavy atom. The third kappa shape index (κ3) is 12.2. The molecule has 0 radical (unpaired) electrons. The van der Waals surface area contributed by atoms with Crippen molar-refractivity contribution in [3.63, 3.8) is 0 Å². The average molecular weight is 360 g/mol. The molecule has 0 spiro atoms. The predicted octanol–water partition coefficient (Wildman–Crippen LogP) is 5.04. The van der Waals surface area contributed by atoms with Crippen LogP contribution in [0.25, 0.3) is 0 Å². The summed E-state index contributed by atoms with van der Waals surface area (Å²) in [5, 5.41) is 2.79. The highest BCUT2D eigenvalue weighted by atomic mass is 16.5. The van der Waals surface area contributed by atoms with Crippen molar-refractivity contribution in [2.45, 2.75) is 70.8 Å². The molecule has 26 heavy (non-hydrogen) atoms. The number of carbonyl (C=O) groups is 2. The second-order valence-electron chi connectivity index (χ2n) is 6.47. The van der Waals surface area contributed by atoms with Crippen molar-refractivity contribution in [1.29, 1.82) is 0 Å². The molecule has 0 unspecified atom stereocenters. The van der Waals surface area contributed by atoms with Crippen molar-refractivity contribution in [3.8, 4) is 0 Å². The number of alkyl carbamates (subject to hydrolysis) is 1. The average Bonchev–Trinajstić information content (AvgIpc) is 2.67. The zero-order valence-corrected chi connectivity index (χ0v) is 15.8. The lowest BCUT2D eigenvalue weighted by Crippen LogP contribution is -2.25. The third-order valence-electron chi connectivity index (χ3n) is 4.23. The summed E-state index contributed by atoms with van der Waals surface area (Å²) in [7, 11) is 0. The molecule has 0 saturated heterocycles. The second-order valence-corrected chi connectivity index (χ2v) is 6.47. The van der Waals surface area contributed by atoms with Gasteiger partial charge in [-0.25, -0.2) is 9.79 Å². The third-order valence-corrected chi connectivity index (χ3v) is 4.23. The van der Waals surface area contributed by atoms with Crippen molar-refractivity contribution in [2.24, 2.45) is 4.99 Å². The SMILES string of the molecule is C=NC(=O)CCCCCCCCCCCNC(=O)OCc1ccccc1. The molecule has 5 nitrogen and oxygen atoms in total. The summed E-state index contributed by atoms with van der Waals surface area (Å²) in [5.41, 5.74) is 0.992. The van der Waals surface area contributed by atoms with Crippen molar-refractivity contribution in [1.82, 2.24) is 5.32 Å². The molecular weight excluding hydrogens is 328 g/mol. The van der Waals surface area contributed by atoms with E-state index < -0.39 is 0 Å². The number of unbranched alkanes of at least 4 members (excludes halogenated alkanes) is 8. The molecule has 0 aromatic heterocycles. The Balaban J connectivity index is 1.82. The summed E-state index contributed by atoms with van der Waals surface area (Å²) in [6, 6.07) is 9.67. The van der Waals surface area contributed by atoms with Crippen LogP contribution in [-0.4, -0.2) is 25.3 Å². The number of nitrogens with zero attached hydrogens (tertiary/aromatic N) is 1. The maximum atomic E-state index is 11.6. The first-order valence-electron chi connectivity index (χ1n) is 9.66. The second kappa shape index (κ2) is 15.1. The van der Waals surface area contributed by atoms with Gasteiger partial charge < -0.3 is 10.1 Å². The van der Waals surface area contributed by atoms with Gasteiger partial charge >= 0.3 is 6.09 Å². The quantitative estimate of drug-likeness (QED) is 0.373. The van der Waals surface area contributed by atoms with E-state index in [4.69, 9.17) is 4.74 Å². The normalized spacial score (nSPS) is 10.3. The van der Waals surface area contributed by atoms with Crippen LogP contribution in [0.1, 0.15) is 69.8 Å². The van der Waals surface area contributed by atoms with Gasteiger partial charge in [-0.2, -0.15) is 0 Å². The zero-order chi connectivity index (χ0) is 18.9. The number of aliphatic imine (C=N–C) groups is 1. The summed E-state index contributed by atoms with van der Waals surface area (Å²) >= 11 is 0. The van der Waals surface area contributed by atoms with Crippen molar-refractivity contribution in [3.05, 3.63) is 35.9 Å². The summed E-state index contributed by atoms with van der Waals surface area (Å²) in [6.07, 6.45) is 10.4. The number of hydrogen-bond acceptors (Lipinski definition) is 3. The van der Waals surface area contributed by atoms with Gasteiger partial charge in [-0.3, -0.25) is 4.79 Å². The Bertz CT molecular complexity index is 517. The Hall–Kier alpha value is -2.17. The first-order chi connectivity index (χ1) is 12.7. The molecule has 144 valence electrons. The molecule has 1 aromatic rings. The maximum absolute atomic E-state index is 11.6. The molecule has 5 heteroatoms. The lowest BCUT2D eigenvalue weighted by Gasteiger charge is -2.07. The highest BCUT2D eigenvalue weighted by Crippen LogP contribution is 2.10. The summed E-state index contributed by atoms with van der Waals surface area (Å²) in [6.45, 7) is 4.21. The Morgan fingerprint density at radius 1 is 0.885 bits per heavy atom. The van der Waals surface area contributed by atoms with Gasteiger partial charge in [-0.15, -0.1) is 0 Å². The minimum absolute atomic E-state index is 0.0949. The van der Waals surface area contributed by atoms with Crippen LogP contribution in [0.4, 0.5) is 4.79 Å². The standard InChI is InChI=1S/C21H32N2O3/c1-22-20(24)16-12-7-5-3-2-4-6-8-13-17-23-21(25)26-18-19-14-10-9-11-15-19/h9-11,14-15H,1-8,12-13,16-18H2,(H,23,25). The van der Waals surface area contributed by atoms with E-state index in [1.54, 1.807) is 0 Å². The molecule has 0 saturated carbocycles. The number of benzene rings is 1. The summed E-state index contributed by atoms with van der Waals surface area (Å²) in [5.74, 6) is -0.0949. The Kier molecular flexibility index (Phi) is 12.7. The molecule has 0 aliphatic heterocycles. The fourth-order valence-corrected chi connectivity index (χ4v) is 2.68. The summed E-state index contributed by atoms with van der Waals surface area (Å²) in [4.78, 5) is 25.9. The molecule has 1 rings (SSSR count). The molecule has 2 amide bonds. The van der Waals surface area contributed by atoms with E-state index in [1.165, 1.54) is 32.1 Å². The van der Waals surface area contributed by atoms with Crippen LogP contribution in [0.15, 0.2) is 35.3 Å². The number of nitrogens with one attached hydrogen (secondary N) is 1. The number of rotatable bonds is 14. The molecule has 0 aliphatic carbocycles. The van der Waals surface area contributed by atoms with Gasteiger partial charge in [0.1, 0.15) is 6.61 Å². The van der Waals surface area contributed by atoms with E-state index >= 15 is 0 Å². The number of hydrogen-bond donors (Lipinski definition) is 1. The lowest BCUT2D eigenvalue weighted by molar-refractivity contribution is -0.117. The van der Waals surface area contributed by atoms with Gasteiger partial charge in [0.25, 0.3) is 0 Å². The van der Waals surface area contributed by atoms with Crippen LogP contribution in [0, 0.1) is 0 Å². The van der Waals surface area contributed by atoms with Gasteiger partial charge in [0, 0.05) is 13.0 Å². The molecule has 0 atom stereocenters. The molecule has 0 heterocycles. The smallest absolute Gasteiger partial charge is 0.407 e. The van der Waals surface area contributed by atoms with Crippen LogP contribution >= 0.6 is 0 Å². The fourth-order valence-electron chi connectivity index (χ4n) is 2.68. The van der Waals surface area contributed by atoms with Gasteiger partial charge in [-0.05, 0) is 25.1 Å². The molecule has 0 aliphatic rings. The number of ether oxygens (including phenoxy) is 1. The molecular formula is C21H32N2O3. The number of amides is 2. The first kappa shape index (κ1) is 21.9. The van der Waals surface area contributed by atoms with E-state index in [0.717, 1.165) is 31.2 Å². The largest absolute Gasteiger partial charge is 0.445 e. The van der Waals surface area contributed by atoms with Crippen LogP contribution in [0.5, 0.6) is 0 Å². The van der Waals surface area contributed by atoms with Crippen molar-refractivity contribution < 1.29 is 14.3 Å². The van der Waals surface area contributed by atoms with E-state index in [0.29, 0.717) is 19.6 Å². The highest BCUT2D eigenvalue weighted by Gasteiger charge is 2.01. The van der Waals surface area contributed by atoms with Crippen molar-refractivity contribution >= 4 is 18.7 Å². The Labute approximate surface area is 157 Å². The maximum Gasteiger partial charge on any atom is 0.407 e. The molecule has 1 N–H and O–H groups in total. The fraction of sp³-hybridized carbons (Fsp3) is 0.571. The van der Waals surface area contributed by atoms with Gasteiger partial charge in [0.05, 0.1) is 0 Å². The topological polar surface area (TPSA) is 67.8 Å². The van der Waals surface area contributed by atoms with Crippen LogP contribution in [0.2, 0.25) is 0 Å². The summed E-state index contributed by atoms with van der Waals surface area (Å²) < 4.78 is 5.16. The Morgan fingerprint density at radius 3 is 2.08 bits per heavy atom. The van der Waals surface area contributed by atoms with E-state index in [-0.39, 0.29) is 12.0 Å². The first-order valence-corrected chi connectivity index (χ1v) is 9.66. The number of carbonyl (C=O) groups excluding carboxylic acids is 2. The van der Waals surface area contributed by atoms with E-state index in [2.05, 4.69) is 17.0 Å². The lowest BCUT2D eigenvalue weighted by atomic mass is 10.1. The zero-order valence-electron chi connectivity index (χ0n) is 15.8. The van der Waals surface area contributed by atoms with E-state index in [1.807, 2.05) is 30.3 Å². The van der Waals surface area contributed by atoms with Gasteiger partial charge in [0.2, 0.25) is 5.91 Å².